The van der Waals surface area contributed by atoms with Crippen molar-refractivity contribution in [3.05, 3.63) is 41.9 Å². The van der Waals surface area contributed by atoms with E-state index in [4.69, 9.17) is 0 Å². The van der Waals surface area contributed by atoms with Gasteiger partial charge in [-0.3, -0.25) is 4.99 Å². The van der Waals surface area contributed by atoms with Crippen molar-refractivity contribution in [3.63, 3.8) is 0 Å². The van der Waals surface area contributed by atoms with E-state index in [1.165, 1.54) is 15.8 Å². The van der Waals surface area contributed by atoms with Crippen molar-refractivity contribution in [3.8, 4) is 11.1 Å². The van der Waals surface area contributed by atoms with Crippen molar-refractivity contribution in [1.29, 1.82) is 0 Å². The maximum atomic E-state index is 4.50. The van der Waals surface area contributed by atoms with Gasteiger partial charge in [0.25, 0.3) is 0 Å². The summed E-state index contributed by atoms with van der Waals surface area (Å²) in [6.45, 7) is 0.775. The van der Waals surface area contributed by atoms with Crippen molar-refractivity contribution in [2.45, 2.75) is 0 Å². The van der Waals surface area contributed by atoms with Crippen LogP contribution in [0.2, 0.25) is 0 Å². The molecule has 0 saturated carbocycles. The predicted octanol–water partition coefficient (Wildman–Crippen LogP) is 4.09. The minimum Gasteiger partial charge on any atom is -0.378 e. The number of rotatable bonds is 1. The molecule has 0 bridgehead atoms. The Morgan fingerprint density at radius 1 is 1.05 bits per heavy atom. The van der Waals surface area contributed by atoms with E-state index in [1.54, 1.807) is 11.3 Å². The van der Waals surface area contributed by atoms with Crippen molar-refractivity contribution in [2.75, 3.05) is 11.9 Å². The first-order valence-electron chi connectivity index (χ1n) is 6.15. The second-order valence-electron chi connectivity index (χ2n) is 4.40. The molecular formula is C15H11N3S. The average Bonchev–Trinajstić information content (AvgIpc) is 2.95. The topological polar surface area (TPSA) is 37.3 Å². The molecular weight excluding hydrogens is 254 g/mol. The first kappa shape index (κ1) is 10.7. The molecule has 2 heterocycles. The van der Waals surface area contributed by atoms with Crippen LogP contribution >= 0.6 is 11.3 Å². The first-order valence-corrected chi connectivity index (χ1v) is 7.03. The van der Waals surface area contributed by atoms with Gasteiger partial charge in [0.15, 0.2) is 0 Å². The van der Waals surface area contributed by atoms with Crippen molar-refractivity contribution in [1.82, 2.24) is 4.98 Å². The molecule has 0 saturated heterocycles. The monoisotopic (exact) mass is 265 g/mol. The van der Waals surface area contributed by atoms with Crippen LogP contribution in [0.4, 0.5) is 11.4 Å². The van der Waals surface area contributed by atoms with E-state index in [0.29, 0.717) is 0 Å². The third kappa shape index (κ3) is 1.64. The second-order valence-corrected chi connectivity index (χ2v) is 5.28. The Kier molecular flexibility index (Phi) is 2.35. The highest BCUT2D eigenvalue weighted by atomic mass is 32.1. The molecule has 1 aliphatic rings. The summed E-state index contributed by atoms with van der Waals surface area (Å²) in [5.41, 5.74) is 7.40. The van der Waals surface area contributed by atoms with Gasteiger partial charge in [-0.15, -0.1) is 11.3 Å². The minimum atomic E-state index is 0.775. The SMILES string of the molecule is C1=Nc2cccc(-c3cccc4scnc34)c2NC1. The van der Waals surface area contributed by atoms with E-state index < -0.39 is 0 Å². The molecule has 0 radical (unpaired) electrons. The molecule has 3 nitrogen and oxygen atoms in total. The largest absolute Gasteiger partial charge is 0.378 e. The van der Waals surface area contributed by atoms with Gasteiger partial charge in [0.2, 0.25) is 0 Å². The summed E-state index contributed by atoms with van der Waals surface area (Å²) >= 11 is 1.67. The quantitative estimate of drug-likeness (QED) is 0.719. The van der Waals surface area contributed by atoms with Crippen LogP contribution in [0, 0.1) is 0 Å². The average molecular weight is 265 g/mol. The summed E-state index contributed by atoms with van der Waals surface area (Å²) in [7, 11) is 0. The van der Waals surface area contributed by atoms with E-state index in [0.717, 1.165) is 23.4 Å². The van der Waals surface area contributed by atoms with Crippen LogP contribution in [0.5, 0.6) is 0 Å². The normalized spacial score (nSPS) is 13.3. The van der Waals surface area contributed by atoms with E-state index in [9.17, 15) is 0 Å². The zero-order valence-electron chi connectivity index (χ0n) is 10.1. The predicted molar refractivity (Wildman–Crippen MR) is 81.7 cm³/mol. The molecule has 1 aromatic heterocycles. The van der Waals surface area contributed by atoms with Gasteiger partial charge in [0.05, 0.1) is 33.6 Å². The summed E-state index contributed by atoms with van der Waals surface area (Å²) in [5.74, 6) is 0. The van der Waals surface area contributed by atoms with Crippen LogP contribution in [-0.2, 0) is 0 Å². The fourth-order valence-electron chi connectivity index (χ4n) is 2.45. The van der Waals surface area contributed by atoms with Gasteiger partial charge in [-0.25, -0.2) is 4.98 Å². The first-order chi connectivity index (χ1) is 9.43. The van der Waals surface area contributed by atoms with Gasteiger partial charge in [0, 0.05) is 17.3 Å². The number of aromatic nitrogens is 1. The molecule has 0 fully saturated rings. The van der Waals surface area contributed by atoms with Gasteiger partial charge in [-0.2, -0.15) is 0 Å². The number of para-hydroxylation sites is 2. The molecule has 1 aliphatic heterocycles. The Morgan fingerprint density at radius 3 is 2.95 bits per heavy atom. The lowest BCUT2D eigenvalue weighted by Gasteiger charge is -2.17. The Balaban J connectivity index is 2.03. The lowest BCUT2D eigenvalue weighted by atomic mass is 10.0. The van der Waals surface area contributed by atoms with Crippen LogP contribution in [0.15, 0.2) is 46.9 Å². The molecule has 2 aromatic carbocycles. The molecule has 1 N–H and O–H groups in total. The highest BCUT2D eigenvalue weighted by molar-refractivity contribution is 7.16. The Bertz CT molecular complexity index is 789. The molecule has 92 valence electrons. The summed E-state index contributed by atoms with van der Waals surface area (Å²) in [6.07, 6.45) is 1.90. The molecule has 0 aliphatic carbocycles. The van der Waals surface area contributed by atoms with Crippen LogP contribution < -0.4 is 5.32 Å². The third-order valence-corrected chi connectivity index (χ3v) is 4.09. The minimum absolute atomic E-state index is 0.775. The van der Waals surface area contributed by atoms with Gasteiger partial charge in [-0.05, 0) is 12.1 Å². The molecule has 0 amide bonds. The molecule has 0 spiro atoms. The molecule has 4 heteroatoms. The number of anilines is 1. The van der Waals surface area contributed by atoms with E-state index in [2.05, 4.69) is 39.6 Å². The summed E-state index contributed by atoms with van der Waals surface area (Å²) in [6, 6.07) is 12.5. The van der Waals surface area contributed by atoms with Crippen LogP contribution in [0.25, 0.3) is 21.3 Å². The Morgan fingerprint density at radius 2 is 1.95 bits per heavy atom. The fraction of sp³-hybridized carbons (Fsp3) is 0.0667. The molecule has 0 atom stereocenters. The van der Waals surface area contributed by atoms with E-state index >= 15 is 0 Å². The number of hydrogen-bond donors (Lipinski definition) is 1. The van der Waals surface area contributed by atoms with Crippen molar-refractivity contribution >= 4 is 39.1 Å². The number of thiazole rings is 1. The number of hydrogen-bond acceptors (Lipinski definition) is 4. The second kappa shape index (κ2) is 4.17. The highest BCUT2D eigenvalue weighted by Gasteiger charge is 2.14. The number of fused-ring (bicyclic) bond motifs is 2. The van der Waals surface area contributed by atoms with E-state index in [1.807, 2.05) is 23.9 Å². The number of nitrogens with one attached hydrogen (secondary N) is 1. The summed E-state index contributed by atoms with van der Waals surface area (Å²) in [4.78, 5) is 8.94. The van der Waals surface area contributed by atoms with Gasteiger partial charge in [0.1, 0.15) is 0 Å². The molecule has 4 rings (SSSR count). The van der Waals surface area contributed by atoms with E-state index in [-0.39, 0.29) is 0 Å². The lowest BCUT2D eigenvalue weighted by molar-refractivity contribution is 1.33. The van der Waals surface area contributed by atoms with Crippen LogP contribution in [0.3, 0.4) is 0 Å². The van der Waals surface area contributed by atoms with Gasteiger partial charge >= 0.3 is 0 Å². The summed E-state index contributed by atoms with van der Waals surface area (Å²) < 4.78 is 1.22. The molecule has 19 heavy (non-hydrogen) atoms. The van der Waals surface area contributed by atoms with Gasteiger partial charge < -0.3 is 5.32 Å². The number of aliphatic imine (C=N–C) groups is 1. The Labute approximate surface area is 114 Å². The zero-order chi connectivity index (χ0) is 12.7. The van der Waals surface area contributed by atoms with Gasteiger partial charge in [-0.1, -0.05) is 24.3 Å². The zero-order valence-corrected chi connectivity index (χ0v) is 10.9. The standard InChI is InChI=1S/C15H11N3S/c1-3-10(14-12(5-1)16-7-8-17-14)11-4-2-6-13-15(11)18-9-19-13/h1-7,9,17H,8H2. The van der Waals surface area contributed by atoms with Crippen molar-refractivity contribution in [2.24, 2.45) is 4.99 Å². The fourth-order valence-corrected chi connectivity index (χ4v) is 3.16. The van der Waals surface area contributed by atoms with Crippen LogP contribution in [-0.4, -0.2) is 17.7 Å². The number of benzene rings is 2. The lowest BCUT2D eigenvalue weighted by Crippen LogP contribution is -2.07. The van der Waals surface area contributed by atoms with Crippen molar-refractivity contribution < 1.29 is 0 Å². The Hall–Kier alpha value is -2.20. The molecule has 3 aromatic rings. The molecule has 0 unspecified atom stereocenters. The number of nitrogens with zero attached hydrogens (tertiary/aromatic N) is 2. The highest BCUT2D eigenvalue weighted by Crippen LogP contribution is 2.39. The maximum absolute atomic E-state index is 4.50. The summed E-state index contributed by atoms with van der Waals surface area (Å²) in [5, 5.41) is 3.41. The third-order valence-electron chi connectivity index (χ3n) is 3.29. The maximum Gasteiger partial charge on any atom is 0.0891 e. The van der Waals surface area contributed by atoms with Crippen LogP contribution in [0.1, 0.15) is 0 Å². The smallest absolute Gasteiger partial charge is 0.0891 e.